The molecule has 3 nitrogen and oxygen atoms in total. The van der Waals surface area contributed by atoms with Crippen molar-refractivity contribution in [1.82, 2.24) is 0 Å². The Bertz CT molecular complexity index is 101. The molecule has 0 heterocycles. The van der Waals surface area contributed by atoms with Crippen molar-refractivity contribution >= 4 is 5.97 Å². The van der Waals surface area contributed by atoms with Gasteiger partial charge < -0.3 is 9.84 Å². The number of rotatable bonds is 4. The normalized spacial score (nSPS) is 12.7. The molecule has 0 aromatic heterocycles. The fraction of sp³-hybridized carbons (Fsp3) is 0.857. The predicted molar refractivity (Wildman–Crippen MR) is 37.5 cm³/mol. The molecule has 0 unspecified atom stereocenters. The molecule has 0 aliphatic carbocycles. The average Bonchev–Trinajstić information content (AvgIpc) is 1.98. The molecular weight excluding hydrogens is 132 g/mol. The van der Waals surface area contributed by atoms with Gasteiger partial charge in [-0.15, -0.1) is 0 Å². The van der Waals surface area contributed by atoms with Gasteiger partial charge in [-0.25, -0.2) is 4.79 Å². The number of ether oxygens (including phenoxy) is 1. The third kappa shape index (κ3) is 3.45. The van der Waals surface area contributed by atoms with Crippen LogP contribution in [0.2, 0.25) is 0 Å². The van der Waals surface area contributed by atoms with Crippen molar-refractivity contribution in [2.24, 2.45) is 0 Å². The maximum atomic E-state index is 10.7. The van der Waals surface area contributed by atoms with E-state index >= 15 is 0 Å². The predicted octanol–water partition coefficient (Wildman–Crippen LogP) is 0.711. The summed E-state index contributed by atoms with van der Waals surface area (Å²) in [6.07, 6.45) is 0.275. The minimum absolute atomic E-state index is 0.399. The zero-order valence-electron chi connectivity index (χ0n) is 6.46. The van der Waals surface area contributed by atoms with Gasteiger partial charge in [0.2, 0.25) is 0 Å². The first-order valence-corrected chi connectivity index (χ1v) is 3.57. The van der Waals surface area contributed by atoms with Gasteiger partial charge in [-0.2, -0.15) is 0 Å². The van der Waals surface area contributed by atoms with Crippen molar-refractivity contribution in [2.45, 2.75) is 32.8 Å². The second-order valence-corrected chi connectivity index (χ2v) is 2.09. The molecule has 0 saturated carbocycles. The molecular formula is C7H14O3. The Morgan fingerprint density at radius 3 is 2.60 bits per heavy atom. The molecule has 0 rings (SSSR count). The van der Waals surface area contributed by atoms with E-state index in [4.69, 9.17) is 5.11 Å². The Labute approximate surface area is 61.0 Å². The van der Waals surface area contributed by atoms with Crippen molar-refractivity contribution in [3.63, 3.8) is 0 Å². The van der Waals surface area contributed by atoms with Crippen LogP contribution in [0.4, 0.5) is 0 Å². The highest BCUT2D eigenvalue weighted by atomic mass is 16.5. The summed E-state index contributed by atoms with van der Waals surface area (Å²) in [5.74, 6) is -0.510. The first-order valence-electron chi connectivity index (χ1n) is 3.57. The second-order valence-electron chi connectivity index (χ2n) is 2.09. The molecule has 0 aromatic rings. The highest BCUT2D eigenvalue weighted by Crippen LogP contribution is 1.93. The molecule has 10 heavy (non-hydrogen) atoms. The summed E-state index contributed by atoms with van der Waals surface area (Å²) in [5.41, 5.74) is 0. The molecule has 0 aliphatic heterocycles. The van der Waals surface area contributed by atoms with E-state index in [-0.39, 0.29) is 0 Å². The van der Waals surface area contributed by atoms with Crippen LogP contribution < -0.4 is 0 Å². The van der Waals surface area contributed by atoms with Crippen molar-refractivity contribution in [3.05, 3.63) is 0 Å². The summed E-state index contributed by atoms with van der Waals surface area (Å²) in [6.45, 7) is 4.04. The van der Waals surface area contributed by atoms with Crippen LogP contribution in [-0.2, 0) is 9.53 Å². The molecule has 0 bridgehead atoms. The highest BCUT2D eigenvalue weighted by Gasteiger charge is 2.12. The summed E-state index contributed by atoms with van der Waals surface area (Å²) in [4.78, 5) is 10.7. The van der Waals surface area contributed by atoms with E-state index in [0.29, 0.717) is 13.0 Å². The minimum Gasteiger partial charge on any atom is -0.464 e. The first-order chi connectivity index (χ1) is 4.72. The van der Waals surface area contributed by atoms with Gasteiger partial charge >= 0.3 is 5.97 Å². The zero-order valence-corrected chi connectivity index (χ0v) is 6.46. The van der Waals surface area contributed by atoms with Crippen molar-refractivity contribution in [2.75, 3.05) is 6.61 Å². The smallest absolute Gasteiger partial charge is 0.334 e. The number of carbonyl (C=O) groups excluding carboxylic acids is 1. The fourth-order valence-corrected chi connectivity index (χ4v) is 0.466. The van der Waals surface area contributed by atoms with Gasteiger partial charge in [-0.3, -0.25) is 0 Å². The monoisotopic (exact) mass is 146 g/mol. The Hall–Kier alpha value is -0.570. The maximum Gasteiger partial charge on any atom is 0.334 e. The quantitative estimate of drug-likeness (QED) is 0.594. The molecule has 0 aromatic carbocycles. The third-order valence-corrected chi connectivity index (χ3v) is 1.11. The van der Waals surface area contributed by atoms with Crippen LogP contribution in [0.25, 0.3) is 0 Å². The van der Waals surface area contributed by atoms with Crippen LogP contribution in [0.3, 0.4) is 0 Å². The van der Waals surface area contributed by atoms with Gasteiger partial charge in [0.15, 0.2) is 6.10 Å². The fourth-order valence-electron chi connectivity index (χ4n) is 0.466. The van der Waals surface area contributed by atoms with Gasteiger partial charge in [0.25, 0.3) is 0 Å². The lowest BCUT2D eigenvalue weighted by Gasteiger charge is -2.06. The van der Waals surface area contributed by atoms with Gasteiger partial charge in [-0.1, -0.05) is 13.8 Å². The van der Waals surface area contributed by atoms with E-state index in [0.717, 1.165) is 6.42 Å². The van der Waals surface area contributed by atoms with Crippen LogP contribution in [0.1, 0.15) is 26.7 Å². The Morgan fingerprint density at radius 2 is 2.20 bits per heavy atom. The van der Waals surface area contributed by atoms with Crippen LogP contribution in [0.5, 0.6) is 0 Å². The number of aliphatic hydroxyl groups excluding tert-OH is 1. The zero-order chi connectivity index (χ0) is 7.98. The number of carbonyl (C=O) groups is 1. The van der Waals surface area contributed by atoms with E-state index in [2.05, 4.69) is 4.74 Å². The average molecular weight is 146 g/mol. The molecule has 0 fully saturated rings. The van der Waals surface area contributed by atoms with Crippen LogP contribution >= 0.6 is 0 Å². The van der Waals surface area contributed by atoms with Crippen LogP contribution in [0, 0.1) is 0 Å². The SMILES string of the molecule is CCCOC(=O)[C@@H](O)CC. The molecule has 3 heteroatoms. The Balaban J connectivity index is 3.42. The second kappa shape index (κ2) is 5.23. The van der Waals surface area contributed by atoms with Crippen LogP contribution in [-0.4, -0.2) is 23.8 Å². The van der Waals surface area contributed by atoms with Gasteiger partial charge in [-0.05, 0) is 12.8 Å². The Kier molecular flexibility index (Phi) is 4.94. The van der Waals surface area contributed by atoms with Crippen molar-refractivity contribution in [1.29, 1.82) is 0 Å². The number of hydrogen-bond donors (Lipinski definition) is 1. The van der Waals surface area contributed by atoms with E-state index in [1.807, 2.05) is 6.92 Å². The lowest BCUT2D eigenvalue weighted by molar-refractivity contribution is -0.153. The van der Waals surface area contributed by atoms with Crippen LogP contribution in [0.15, 0.2) is 0 Å². The maximum absolute atomic E-state index is 10.7. The minimum atomic E-state index is -0.938. The summed E-state index contributed by atoms with van der Waals surface area (Å²) in [7, 11) is 0. The molecule has 1 N–H and O–H groups in total. The van der Waals surface area contributed by atoms with E-state index in [9.17, 15) is 4.79 Å². The summed E-state index contributed by atoms with van der Waals surface area (Å²) >= 11 is 0. The number of aliphatic hydroxyl groups is 1. The number of esters is 1. The lowest BCUT2D eigenvalue weighted by atomic mass is 10.3. The molecule has 0 spiro atoms. The lowest BCUT2D eigenvalue weighted by Crippen LogP contribution is -2.22. The van der Waals surface area contributed by atoms with E-state index in [1.165, 1.54) is 0 Å². The molecule has 0 amide bonds. The number of hydrogen-bond acceptors (Lipinski definition) is 3. The third-order valence-electron chi connectivity index (χ3n) is 1.11. The molecule has 0 radical (unpaired) electrons. The standard InChI is InChI=1S/C7H14O3/c1-3-5-10-7(9)6(8)4-2/h6,8H,3-5H2,1-2H3/t6-/m0/s1. The summed E-state index contributed by atoms with van der Waals surface area (Å²) in [5, 5.41) is 8.88. The van der Waals surface area contributed by atoms with Crippen molar-refractivity contribution < 1.29 is 14.6 Å². The molecule has 0 aliphatic rings. The summed E-state index contributed by atoms with van der Waals surface area (Å²) < 4.78 is 4.65. The van der Waals surface area contributed by atoms with Gasteiger partial charge in [0, 0.05) is 0 Å². The van der Waals surface area contributed by atoms with E-state index < -0.39 is 12.1 Å². The van der Waals surface area contributed by atoms with Gasteiger partial charge in [0.05, 0.1) is 6.61 Å². The topological polar surface area (TPSA) is 46.5 Å². The molecule has 60 valence electrons. The van der Waals surface area contributed by atoms with E-state index in [1.54, 1.807) is 6.92 Å². The Morgan fingerprint density at radius 1 is 1.60 bits per heavy atom. The summed E-state index contributed by atoms with van der Waals surface area (Å²) in [6, 6.07) is 0. The highest BCUT2D eigenvalue weighted by molar-refractivity contribution is 5.74. The largest absolute Gasteiger partial charge is 0.464 e. The first kappa shape index (κ1) is 9.43. The van der Waals surface area contributed by atoms with Gasteiger partial charge in [0.1, 0.15) is 0 Å². The molecule has 1 atom stereocenters. The van der Waals surface area contributed by atoms with Crippen molar-refractivity contribution in [3.8, 4) is 0 Å². The molecule has 0 saturated heterocycles.